The first-order valence-corrected chi connectivity index (χ1v) is 7.62. The van der Waals surface area contributed by atoms with Gasteiger partial charge in [-0.05, 0) is 48.1 Å². The molecule has 23 heavy (non-hydrogen) atoms. The Morgan fingerprint density at radius 3 is 2.57 bits per heavy atom. The lowest BCUT2D eigenvalue weighted by molar-refractivity contribution is -0.115. The molecule has 0 aliphatic rings. The highest BCUT2D eigenvalue weighted by molar-refractivity contribution is 7.80. The minimum atomic E-state index is -0.533. The van der Waals surface area contributed by atoms with E-state index in [4.69, 9.17) is 35.4 Å². The van der Waals surface area contributed by atoms with Gasteiger partial charge in [0.15, 0.2) is 5.11 Å². The van der Waals surface area contributed by atoms with Crippen molar-refractivity contribution in [2.45, 2.75) is 0 Å². The van der Waals surface area contributed by atoms with Crippen molar-refractivity contribution in [2.75, 3.05) is 5.32 Å². The van der Waals surface area contributed by atoms with Gasteiger partial charge in [0.1, 0.15) is 5.82 Å². The second kappa shape index (κ2) is 8.06. The Balaban J connectivity index is 1.93. The van der Waals surface area contributed by atoms with Gasteiger partial charge in [-0.2, -0.15) is 0 Å². The Hall–Kier alpha value is -1.95. The maximum Gasteiger partial charge on any atom is 0.250 e. The van der Waals surface area contributed by atoms with Gasteiger partial charge in [-0.15, -0.1) is 0 Å². The van der Waals surface area contributed by atoms with Crippen LogP contribution < -0.4 is 10.6 Å². The van der Waals surface area contributed by atoms with Gasteiger partial charge in [0.25, 0.3) is 0 Å². The van der Waals surface area contributed by atoms with E-state index in [0.717, 1.165) is 0 Å². The minimum Gasteiger partial charge on any atom is -0.332 e. The molecule has 2 aromatic rings. The zero-order valence-corrected chi connectivity index (χ0v) is 14.0. The van der Waals surface area contributed by atoms with Gasteiger partial charge < -0.3 is 5.32 Å². The number of nitrogens with one attached hydrogen (secondary N) is 2. The topological polar surface area (TPSA) is 41.1 Å². The molecule has 0 aliphatic heterocycles. The Labute approximate surface area is 148 Å². The van der Waals surface area contributed by atoms with Crippen LogP contribution in [0.4, 0.5) is 10.1 Å². The second-order valence-electron chi connectivity index (χ2n) is 4.43. The van der Waals surface area contributed by atoms with Crippen molar-refractivity contribution in [2.24, 2.45) is 0 Å². The lowest BCUT2D eigenvalue weighted by atomic mass is 10.2. The Morgan fingerprint density at radius 1 is 1.13 bits per heavy atom. The Morgan fingerprint density at radius 2 is 1.87 bits per heavy atom. The molecule has 1 amide bonds. The molecule has 2 rings (SSSR count). The van der Waals surface area contributed by atoms with E-state index in [0.29, 0.717) is 16.3 Å². The number of carbonyl (C=O) groups is 1. The van der Waals surface area contributed by atoms with Crippen LogP contribution >= 0.6 is 35.4 Å². The van der Waals surface area contributed by atoms with E-state index < -0.39 is 11.7 Å². The van der Waals surface area contributed by atoms with E-state index in [1.165, 1.54) is 24.3 Å². The summed E-state index contributed by atoms with van der Waals surface area (Å²) in [5.74, 6) is -0.953. The van der Waals surface area contributed by atoms with Gasteiger partial charge >= 0.3 is 0 Å². The molecule has 2 aromatic carbocycles. The molecule has 0 aromatic heterocycles. The van der Waals surface area contributed by atoms with Gasteiger partial charge in [0.2, 0.25) is 5.91 Å². The maximum absolute atomic E-state index is 13.1. The summed E-state index contributed by atoms with van der Waals surface area (Å²) in [6, 6.07) is 11.1. The summed E-state index contributed by atoms with van der Waals surface area (Å²) in [6.45, 7) is 0. The fourth-order valence-electron chi connectivity index (χ4n) is 1.67. The number of benzene rings is 2. The summed E-state index contributed by atoms with van der Waals surface area (Å²) in [5.41, 5.74) is 1.19. The number of anilines is 1. The number of halogens is 3. The molecule has 0 spiro atoms. The van der Waals surface area contributed by atoms with Crippen molar-refractivity contribution in [3.05, 3.63) is 70.0 Å². The molecule has 0 radical (unpaired) electrons. The van der Waals surface area contributed by atoms with Crippen molar-refractivity contribution in [3.8, 4) is 0 Å². The fraction of sp³-hybridized carbons (Fsp3) is 0. The van der Waals surface area contributed by atoms with Crippen molar-refractivity contribution < 1.29 is 9.18 Å². The van der Waals surface area contributed by atoms with Crippen LogP contribution in [0.5, 0.6) is 0 Å². The first-order valence-electron chi connectivity index (χ1n) is 6.45. The van der Waals surface area contributed by atoms with Crippen LogP contribution in [0, 0.1) is 5.82 Å². The summed E-state index contributed by atoms with van der Waals surface area (Å²) >= 11 is 16.7. The number of rotatable bonds is 3. The summed E-state index contributed by atoms with van der Waals surface area (Å²) in [4.78, 5) is 11.8. The molecule has 7 heteroatoms. The van der Waals surface area contributed by atoms with Crippen LogP contribution in [0.2, 0.25) is 10.0 Å². The van der Waals surface area contributed by atoms with Crippen molar-refractivity contribution in [3.63, 3.8) is 0 Å². The van der Waals surface area contributed by atoms with E-state index in [9.17, 15) is 9.18 Å². The van der Waals surface area contributed by atoms with Gasteiger partial charge in [-0.3, -0.25) is 10.1 Å². The van der Waals surface area contributed by atoms with E-state index in [2.05, 4.69) is 10.6 Å². The van der Waals surface area contributed by atoms with Gasteiger partial charge in [-0.25, -0.2) is 4.39 Å². The molecule has 2 N–H and O–H groups in total. The summed E-state index contributed by atoms with van der Waals surface area (Å²) in [5, 5.41) is 5.78. The molecule has 0 aliphatic carbocycles. The molecule has 0 saturated carbocycles. The summed E-state index contributed by atoms with van der Waals surface area (Å²) in [7, 11) is 0. The molecule has 3 nitrogen and oxygen atoms in total. The average Bonchev–Trinajstić information content (AvgIpc) is 2.50. The van der Waals surface area contributed by atoms with Crippen LogP contribution in [0.25, 0.3) is 6.08 Å². The summed E-state index contributed by atoms with van der Waals surface area (Å²) < 4.78 is 13.1. The fourth-order valence-corrected chi connectivity index (χ4v) is 2.26. The molecule has 0 saturated heterocycles. The number of hydrogen-bond donors (Lipinski definition) is 2. The number of hydrogen-bond acceptors (Lipinski definition) is 2. The molecular formula is C16H11Cl2FN2OS. The minimum absolute atomic E-state index is 0.0391. The van der Waals surface area contributed by atoms with Crippen LogP contribution in [-0.4, -0.2) is 11.0 Å². The molecule has 118 valence electrons. The lowest BCUT2D eigenvalue weighted by Crippen LogP contribution is -2.32. The van der Waals surface area contributed by atoms with E-state index >= 15 is 0 Å². The molecule has 0 fully saturated rings. The smallest absolute Gasteiger partial charge is 0.250 e. The monoisotopic (exact) mass is 368 g/mol. The van der Waals surface area contributed by atoms with Crippen molar-refractivity contribution >= 4 is 58.2 Å². The second-order valence-corrected chi connectivity index (χ2v) is 5.65. The molecule has 0 unspecified atom stereocenters. The summed E-state index contributed by atoms with van der Waals surface area (Å²) in [6.07, 6.45) is 2.89. The zero-order valence-electron chi connectivity index (χ0n) is 11.6. The first kappa shape index (κ1) is 17.4. The molecule has 0 bridgehead atoms. The third kappa shape index (κ3) is 5.32. The quantitative estimate of drug-likeness (QED) is 0.611. The average molecular weight is 369 g/mol. The third-order valence-electron chi connectivity index (χ3n) is 2.73. The predicted octanol–water partition coefficient (Wildman–Crippen LogP) is 4.66. The van der Waals surface area contributed by atoms with E-state index in [-0.39, 0.29) is 10.1 Å². The first-order chi connectivity index (χ1) is 11.0. The van der Waals surface area contributed by atoms with Crippen LogP contribution in [0.3, 0.4) is 0 Å². The molecule has 0 heterocycles. The van der Waals surface area contributed by atoms with Gasteiger partial charge in [-0.1, -0.05) is 41.4 Å². The highest BCUT2D eigenvalue weighted by Crippen LogP contribution is 2.19. The number of amides is 1. The van der Waals surface area contributed by atoms with Crippen LogP contribution in [-0.2, 0) is 4.79 Å². The van der Waals surface area contributed by atoms with Crippen LogP contribution in [0.15, 0.2) is 48.5 Å². The van der Waals surface area contributed by atoms with Crippen molar-refractivity contribution in [1.29, 1.82) is 0 Å². The Bertz CT molecular complexity index is 780. The SMILES string of the molecule is O=C(/C=C/c1ccccc1Cl)NC(=S)Nc1ccc(F)c(Cl)c1. The highest BCUT2D eigenvalue weighted by atomic mass is 35.5. The number of carbonyl (C=O) groups excluding carboxylic acids is 1. The standard InChI is InChI=1S/C16H11Cl2FN2OS/c17-12-4-2-1-3-10(12)5-8-15(22)21-16(23)20-11-6-7-14(19)13(18)9-11/h1-9H,(H2,20,21,22,23)/b8-5+. The third-order valence-corrected chi connectivity index (χ3v) is 3.57. The van der Waals surface area contributed by atoms with Gasteiger partial charge in [0, 0.05) is 16.8 Å². The highest BCUT2D eigenvalue weighted by Gasteiger charge is 2.05. The van der Waals surface area contributed by atoms with Crippen molar-refractivity contribution in [1.82, 2.24) is 5.32 Å². The van der Waals surface area contributed by atoms with Gasteiger partial charge in [0.05, 0.1) is 5.02 Å². The largest absolute Gasteiger partial charge is 0.332 e. The molecular weight excluding hydrogens is 358 g/mol. The Kier molecular flexibility index (Phi) is 6.10. The maximum atomic E-state index is 13.1. The van der Waals surface area contributed by atoms with E-state index in [1.54, 1.807) is 24.3 Å². The predicted molar refractivity (Wildman–Crippen MR) is 96.3 cm³/mol. The zero-order chi connectivity index (χ0) is 16.8. The number of thiocarbonyl (C=S) groups is 1. The van der Waals surface area contributed by atoms with E-state index in [1.807, 2.05) is 6.07 Å². The molecule has 0 atom stereocenters. The van der Waals surface area contributed by atoms with Crippen LogP contribution in [0.1, 0.15) is 5.56 Å². The normalized spacial score (nSPS) is 10.6. The lowest BCUT2D eigenvalue weighted by Gasteiger charge is -2.08.